The molecule has 0 fully saturated rings. The number of hydrogen-bond acceptors (Lipinski definition) is 5. The van der Waals surface area contributed by atoms with E-state index in [4.69, 9.17) is 9.47 Å². The normalized spacial score (nSPS) is 17.4. The lowest BCUT2D eigenvalue weighted by atomic mass is 9.80. The first-order valence-electron chi connectivity index (χ1n) is 7.38. The standard InChI is InChI=1S/C18H19BrN2O3/c1-10-5-6-12(14(19)7-10)16-13(8-20)11(2)21-15(9-23-3)17(16)18(22)24-4/h5-7,16,21H,9H2,1-4H3. The van der Waals surface area contributed by atoms with E-state index in [1.54, 1.807) is 7.11 Å². The summed E-state index contributed by atoms with van der Waals surface area (Å²) in [6.45, 7) is 4.02. The summed E-state index contributed by atoms with van der Waals surface area (Å²) < 4.78 is 11.0. The molecular formula is C18H19BrN2O3. The van der Waals surface area contributed by atoms with Crippen LogP contribution in [0.5, 0.6) is 0 Å². The maximum absolute atomic E-state index is 12.5. The molecule has 0 amide bonds. The lowest BCUT2D eigenvalue weighted by Crippen LogP contribution is -2.31. The van der Waals surface area contributed by atoms with Crippen LogP contribution < -0.4 is 5.32 Å². The van der Waals surface area contributed by atoms with Gasteiger partial charge in [0.25, 0.3) is 0 Å². The number of aryl methyl sites for hydroxylation is 1. The van der Waals surface area contributed by atoms with Crippen molar-refractivity contribution in [3.63, 3.8) is 0 Å². The van der Waals surface area contributed by atoms with E-state index in [0.717, 1.165) is 15.6 Å². The number of ether oxygens (including phenoxy) is 2. The first-order valence-corrected chi connectivity index (χ1v) is 8.18. The number of allylic oxidation sites excluding steroid dienone is 2. The third kappa shape index (κ3) is 3.37. The van der Waals surface area contributed by atoms with Crippen molar-refractivity contribution in [2.75, 3.05) is 20.8 Å². The Bertz CT molecular complexity index is 775. The maximum atomic E-state index is 12.5. The molecular weight excluding hydrogens is 372 g/mol. The van der Waals surface area contributed by atoms with Crippen LogP contribution in [-0.4, -0.2) is 26.8 Å². The average molecular weight is 391 g/mol. The molecule has 1 aliphatic heterocycles. The molecule has 6 heteroatoms. The number of rotatable bonds is 4. The number of benzene rings is 1. The summed E-state index contributed by atoms with van der Waals surface area (Å²) in [6, 6.07) is 8.07. The first kappa shape index (κ1) is 18.2. The number of nitrogens with one attached hydrogen (secondary N) is 1. The number of nitriles is 1. The van der Waals surface area contributed by atoms with Crippen molar-refractivity contribution in [3.05, 3.63) is 56.3 Å². The molecule has 5 nitrogen and oxygen atoms in total. The number of halogens is 1. The molecule has 1 aliphatic rings. The monoisotopic (exact) mass is 390 g/mol. The molecule has 24 heavy (non-hydrogen) atoms. The molecule has 1 heterocycles. The number of hydrogen-bond donors (Lipinski definition) is 1. The molecule has 0 saturated heterocycles. The predicted octanol–water partition coefficient (Wildman–Crippen LogP) is 3.32. The molecule has 126 valence electrons. The Kier molecular flexibility index (Phi) is 5.81. The topological polar surface area (TPSA) is 71.3 Å². The van der Waals surface area contributed by atoms with Crippen LogP contribution in [0.3, 0.4) is 0 Å². The number of carbonyl (C=O) groups excluding carboxylic acids is 1. The Morgan fingerprint density at radius 2 is 2.08 bits per heavy atom. The summed E-state index contributed by atoms with van der Waals surface area (Å²) in [6.07, 6.45) is 0. The van der Waals surface area contributed by atoms with Gasteiger partial charge in [0.1, 0.15) is 0 Å². The van der Waals surface area contributed by atoms with Gasteiger partial charge in [-0.15, -0.1) is 0 Å². The van der Waals surface area contributed by atoms with Gasteiger partial charge in [0.15, 0.2) is 0 Å². The largest absolute Gasteiger partial charge is 0.466 e. The highest BCUT2D eigenvalue weighted by molar-refractivity contribution is 9.10. The zero-order valence-electron chi connectivity index (χ0n) is 14.1. The fourth-order valence-electron chi connectivity index (χ4n) is 2.83. The average Bonchev–Trinajstić information content (AvgIpc) is 2.54. The Balaban J connectivity index is 2.73. The minimum atomic E-state index is -0.510. The van der Waals surface area contributed by atoms with Crippen LogP contribution in [0.1, 0.15) is 24.0 Å². The fraction of sp³-hybridized carbons (Fsp3) is 0.333. The van der Waals surface area contributed by atoms with Crippen molar-refractivity contribution >= 4 is 21.9 Å². The number of nitrogens with zero attached hydrogens (tertiary/aromatic N) is 1. The van der Waals surface area contributed by atoms with E-state index in [-0.39, 0.29) is 6.61 Å². The van der Waals surface area contributed by atoms with Crippen molar-refractivity contribution in [1.82, 2.24) is 5.32 Å². The van der Waals surface area contributed by atoms with Crippen LogP contribution in [-0.2, 0) is 14.3 Å². The van der Waals surface area contributed by atoms with Gasteiger partial charge in [-0.05, 0) is 31.0 Å². The SMILES string of the molecule is COCC1=C(C(=O)OC)C(c2ccc(C)cc2Br)C(C#N)=C(C)N1. The van der Waals surface area contributed by atoms with E-state index >= 15 is 0 Å². The highest BCUT2D eigenvalue weighted by Gasteiger charge is 2.36. The molecule has 1 aromatic rings. The van der Waals surface area contributed by atoms with Gasteiger partial charge < -0.3 is 14.8 Å². The van der Waals surface area contributed by atoms with Crippen molar-refractivity contribution in [2.45, 2.75) is 19.8 Å². The summed E-state index contributed by atoms with van der Waals surface area (Å²) >= 11 is 3.56. The van der Waals surface area contributed by atoms with Gasteiger partial charge in [-0.25, -0.2) is 4.79 Å². The second kappa shape index (κ2) is 7.65. The smallest absolute Gasteiger partial charge is 0.336 e. The Morgan fingerprint density at radius 1 is 1.38 bits per heavy atom. The number of dihydropyridines is 1. The maximum Gasteiger partial charge on any atom is 0.336 e. The third-order valence-electron chi connectivity index (χ3n) is 3.93. The van der Waals surface area contributed by atoms with Gasteiger partial charge >= 0.3 is 5.97 Å². The molecule has 0 radical (unpaired) electrons. The fourth-order valence-corrected chi connectivity index (χ4v) is 3.55. The van der Waals surface area contributed by atoms with E-state index in [1.165, 1.54) is 7.11 Å². The van der Waals surface area contributed by atoms with E-state index in [2.05, 4.69) is 27.3 Å². The lowest BCUT2D eigenvalue weighted by molar-refractivity contribution is -0.136. The third-order valence-corrected chi connectivity index (χ3v) is 4.61. The molecule has 1 unspecified atom stereocenters. The van der Waals surface area contributed by atoms with Crippen LogP contribution in [0.25, 0.3) is 0 Å². The van der Waals surface area contributed by atoms with Crippen molar-refractivity contribution in [3.8, 4) is 6.07 Å². The summed E-state index contributed by atoms with van der Waals surface area (Å²) in [4.78, 5) is 12.5. The van der Waals surface area contributed by atoms with Crippen LogP contribution in [0, 0.1) is 18.3 Å². The molecule has 1 aromatic carbocycles. The minimum absolute atomic E-state index is 0.223. The zero-order valence-corrected chi connectivity index (χ0v) is 15.7. The van der Waals surface area contributed by atoms with Crippen molar-refractivity contribution in [1.29, 1.82) is 5.26 Å². The van der Waals surface area contributed by atoms with Gasteiger partial charge in [-0.3, -0.25) is 0 Å². The van der Waals surface area contributed by atoms with Gasteiger partial charge in [0.05, 0.1) is 42.5 Å². The van der Waals surface area contributed by atoms with Crippen LogP contribution in [0.15, 0.2) is 45.2 Å². The number of methoxy groups -OCH3 is 2. The van der Waals surface area contributed by atoms with Crippen molar-refractivity contribution < 1.29 is 14.3 Å². The van der Waals surface area contributed by atoms with Gasteiger partial charge in [-0.2, -0.15) is 5.26 Å². The highest BCUT2D eigenvalue weighted by atomic mass is 79.9. The summed E-state index contributed by atoms with van der Waals surface area (Å²) in [7, 11) is 2.89. The van der Waals surface area contributed by atoms with E-state index in [1.807, 2.05) is 32.0 Å². The molecule has 2 rings (SSSR count). The second-order valence-electron chi connectivity index (χ2n) is 5.55. The second-order valence-corrected chi connectivity index (χ2v) is 6.40. The van der Waals surface area contributed by atoms with Gasteiger partial charge in [0, 0.05) is 17.3 Å². The quantitative estimate of drug-likeness (QED) is 0.798. The van der Waals surface area contributed by atoms with Gasteiger partial charge in [-0.1, -0.05) is 28.1 Å². The molecule has 0 aromatic heterocycles. The Labute approximate surface area is 150 Å². The molecule has 0 spiro atoms. The van der Waals surface area contributed by atoms with E-state index in [9.17, 15) is 10.1 Å². The summed E-state index contributed by atoms with van der Waals surface area (Å²) in [5, 5.41) is 12.8. The predicted molar refractivity (Wildman–Crippen MR) is 94.0 cm³/mol. The number of esters is 1. The Hall–Kier alpha value is -2.10. The minimum Gasteiger partial charge on any atom is -0.466 e. The molecule has 1 N–H and O–H groups in total. The zero-order chi connectivity index (χ0) is 17.9. The van der Waals surface area contributed by atoms with Crippen LogP contribution in [0.2, 0.25) is 0 Å². The molecule has 0 bridgehead atoms. The summed E-state index contributed by atoms with van der Waals surface area (Å²) in [5.41, 5.74) is 4.12. The van der Waals surface area contributed by atoms with E-state index < -0.39 is 11.9 Å². The summed E-state index contributed by atoms with van der Waals surface area (Å²) in [5.74, 6) is -0.990. The molecule has 0 saturated carbocycles. The van der Waals surface area contributed by atoms with Crippen LogP contribution in [0.4, 0.5) is 0 Å². The molecule has 0 aliphatic carbocycles. The lowest BCUT2D eigenvalue weighted by Gasteiger charge is -2.30. The number of carbonyl (C=O) groups is 1. The molecule has 1 atom stereocenters. The van der Waals surface area contributed by atoms with Crippen molar-refractivity contribution in [2.24, 2.45) is 0 Å². The van der Waals surface area contributed by atoms with E-state index in [0.29, 0.717) is 22.5 Å². The van der Waals surface area contributed by atoms with Gasteiger partial charge in [0.2, 0.25) is 0 Å². The Morgan fingerprint density at radius 3 is 2.62 bits per heavy atom. The van der Waals surface area contributed by atoms with Crippen LogP contribution >= 0.6 is 15.9 Å². The highest BCUT2D eigenvalue weighted by Crippen LogP contribution is 2.41. The first-order chi connectivity index (χ1) is 11.4.